The average molecular weight is 223 g/mol. The van der Waals surface area contributed by atoms with Crippen LogP contribution in [0.4, 0.5) is 0 Å². The van der Waals surface area contributed by atoms with Gasteiger partial charge in [-0.1, -0.05) is 19.1 Å². The number of aliphatic hydroxyl groups excluding tert-OH is 1. The van der Waals surface area contributed by atoms with Crippen LogP contribution in [-0.4, -0.2) is 24.9 Å². The standard InChI is InChI=1S/C13H21NO2/c1-10(15)13(2,9-14)8-11-5-4-6-12(7-11)16-3/h4-7,10,15H,8-9,14H2,1-3H3. The lowest BCUT2D eigenvalue weighted by molar-refractivity contribution is 0.0588. The van der Waals surface area contributed by atoms with Crippen molar-refractivity contribution in [2.24, 2.45) is 11.1 Å². The van der Waals surface area contributed by atoms with Gasteiger partial charge in [0, 0.05) is 12.0 Å². The van der Waals surface area contributed by atoms with E-state index in [1.807, 2.05) is 31.2 Å². The minimum absolute atomic E-state index is 0.285. The van der Waals surface area contributed by atoms with E-state index in [1.54, 1.807) is 14.0 Å². The van der Waals surface area contributed by atoms with E-state index >= 15 is 0 Å². The summed E-state index contributed by atoms with van der Waals surface area (Å²) < 4.78 is 5.17. The minimum atomic E-state index is -0.427. The van der Waals surface area contributed by atoms with Crippen molar-refractivity contribution in [1.29, 1.82) is 0 Å². The molecule has 1 aromatic rings. The highest BCUT2D eigenvalue weighted by atomic mass is 16.5. The van der Waals surface area contributed by atoms with Gasteiger partial charge >= 0.3 is 0 Å². The summed E-state index contributed by atoms with van der Waals surface area (Å²) in [6, 6.07) is 7.87. The molecular weight excluding hydrogens is 202 g/mol. The summed E-state index contributed by atoms with van der Waals surface area (Å²) in [4.78, 5) is 0. The van der Waals surface area contributed by atoms with E-state index in [-0.39, 0.29) is 5.41 Å². The highest BCUT2D eigenvalue weighted by Gasteiger charge is 2.28. The fraction of sp³-hybridized carbons (Fsp3) is 0.538. The maximum absolute atomic E-state index is 9.75. The molecule has 0 saturated heterocycles. The Hall–Kier alpha value is -1.06. The fourth-order valence-electron chi connectivity index (χ4n) is 1.64. The Morgan fingerprint density at radius 3 is 2.69 bits per heavy atom. The average Bonchev–Trinajstić information content (AvgIpc) is 2.29. The number of benzene rings is 1. The van der Waals surface area contributed by atoms with Crippen LogP contribution in [0.15, 0.2) is 24.3 Å². The first-order valence-corrected chi connectivity index (χ1v) is 5.53. The molecule has 0 fully saturated rings. The van der Waals surface area contributed by atoms with E-state index in [0.29, 0.717) is 6.54 Å². The summed E-state index contributed by atoms with van der Waals surface area (Å²) in [5, 5.41) is 9.75. The molecule has 2 atom stereocenters. The van der Waals surface area contributed by atoms with Gasteiger partial charge in [0.15, 0.2) is 0 Å². The number of nitrogens with two attached hydrogens (primary N) is 1. The molecular formula is C13H21NO2. The predicted octanol–water partition coefficient (Wildman–Crippen LogP) is 1.58. The highest BCUT2D eigenvalue weighted by molar-refractivity contribution is 5.29. The second-order valence-electron chi connectivity index (χ2n) is 4.56. The molecule has 1 rings (SSSR count). The third kappa shape index (κ3) is 2.97. The van der Waals surface area contributed by atoms with Crippen LogP contribution in [0.3, 0.4) is 0 Å². The number of ether oxygens (including phenoxy) is 1. The zero-order chi connectivity index (χ0) is 12.2. The summed E-state index contributed by atoms with van der Waals surface area (Å²) in [6.45, 7) is 4.24. The van der Waals surface area contributed by atoms with Gasteiger partial charge in [0.25, 0.3) is 0 Å². The van der Waals surface area contributed by atoms with E-state index in [0.717, 1.165) is 17.7 Å². The van der Waals surface area contributed by atoms with E-state index in [4.69, 9.17) is 10.5 Å². The molecule has 0 aliphatic rings. The van der Waals surface area contributed by atoms with Crippen molar-refractivity contribution in [2.45, 2.75) is 26.4 Å². The van der Waals surface area contributed by atoms with Crippen LogP contribution in [0.25, 0.3) is 0 Å². The van der Waals surface area contributed by atoms with Gasteiger partial charge in [-0.3, -0.25) is 0 Å². The molecule has 0 spiro atoms. The molecule has 0 bridgehead atoms. The van der Waals surface area contributed by atoms with Gasteiger partial charge in [-0.2, -0.15) is 0 Å². The van der Waals surface area contributed by atoms with Crippen molar-refractivity contribution in [3.63, 3.8) is 0 Å². The molecule has 0 amide bonds. The van der Waals surface area contributed by atoms with Crippen LogP contribution in [0.1, 0.15) is 19.4 Å². The Balaban J connectivity index is 2.85. The van der Waals surface area contributed by atoms with Crippen molar-refractivity contribution < 1.29 is 9.84 Å². The molecule has 3 N–H and O–H groups in total. The predicted molar refractivity (Wildman–Crippen MR) is 65.5 cm³/mol. The molecule has 3 nitrogen and oxygen atoms in total. The van der Waals surface area contributed by atoms with Crippen LogP contribution in [-0.2, 0) is 6.42 Å². The van der Waals surface area contributed by atoms with Gasteiger partial charge in [-0.15, -0.1) is 0 Å². The largest absolute Gasteiger partial charge is 0.497 e. The Morgan fingerprint density at radius 2 is 2.19 bits per heavy atom. The Kier molecular flexibility index (Phi) is 4.33. The Labute approximate surface area is 97.2 Å². The van der Waals surface area contributed by atoms with Crippen LogP contribution >= 0.6 is 0 Å². The lowest BCUT2D eigenvalue weighted by atomic mass is 9.79. The van der Waals surface area contributed by atoms with Crippen LogP contribution in [0.5, 0.6) is 5.75 Å². The minimum Gasteiger partial charge on any atom is -0.497 e. The van der Waals surface area contributed by atoms with Gasteiger partial charge in [0.05, 0.1) is 13.2 Å². The second-order valence-corrected chi connectivity index (χ2v) is 4.56. The maximum Gasteiger partial charge on any atom is 0.119 e. The molecule has 0 radical (unpaired) electrons. The van der Waals surface area contributed by atoms with Gasteiger partial charge < -0.3 is 15.6 Å². The second kappa shape index (κ2) is 5.32. The molecule has 90 valence electrons. The third-order valence-corrected chi connectivity index (χ3v) is 3.22. The Morgan fingerprint density at radius 1 is 1.50 bits per heavy atom. The molecule has 16 heavy (non-hydrogen) atoms. The van der Waals surface area contributed by atoms with E-state index < -0.39 is 6.10 Å². The van der Waals surface area contributed by atoms with Crippen LogP contribution < -0.4 is 10.5 Å². The monoisotopic (exact) mass is 223 g/mol. The van der Waals surface area contributed by atoms with E-state index in [1.165, 1.54) is 0 Å². The summed E-state index contributed by atoms with van der Waals surface area (Å²) >= 11 is 0. The lowest BCUT2D eigenvalue weighted by Gasteiger charge is -2.31. The first-order valence-electron chi connectivity index (χ1n) is 5.53. The molecule has 0 aliphatic heterocycles. The van der Waals surface area contributed by atoms with Crippen molar-refractivity contribution >= 4 is 0 Å². The zero-order valence-corrected chi connectivity index (χ0v) is 10.2. The maximum atomic E-state index is 9.75. The molecule has 0 saturated carbocycles. The van der Waals surface area contributed by atoms with Gasteiger partial charge in [-0.05, 0) is 31.0 Å². The fourth-order valence-corrected chi connectivity index (χ4v) is 1.64. The zero-order valence-electron chi connectivity index (χ0n) is 10.2. The molecule has 3 heteroatoms. The number of methoxy groups -OCH3 is 1. The third-order valence-electron chi connectivity index (χ3n) is 3.22. The van der Waals surface area contributed by atoms with E-state index in [2.05, 4.69) is 0 Å². The normalized spacial score (nSPS) is 16.6. The van der Waals surface area contributed by atoms with Gasteiger partial charge in [0.1, 0.15) is 5.75 Å². The molecule has 0 aliphatic carbocycles. The number of hydrogen-bond donors (Lipinski definition) is 2. The van der Waals surface area contributed by atoms with Crippen molar-refractivity contribution in [1.82, 2.24) is 0 Å². The summed E-state index contributed by atoms with van der Waals surface area (Å²) in [5.41, 5.74) is 6.58. The van der Waals surface area contributed by atoms with E-state index in [9.17, 15) is 5.11 Å². The molecule has 1 aromatic carbocycles. The summed E-state index contributed by atoms with van der Waals surface area (Å²) in [6.07, 6.45) is 0.321. The summed E-state index contributed by atoms with van der Waals surface area (Å²) in [7, 11) is 1.65. The molecule has 2 unspecified atom stereocenters. The number of rotatable bonds is 5. The molecule has 0 aromatic heterocycles. The molecule has 0 heterocycles. The lowest BCUT2D eigenvalue weighted by Crippen LogP contribution is -2.39. The van der Waals surface area contributed by atoms with Gasteiger partial charge in [0.2, 0.25) is 0 Å². The van der Waals surface area contributed by atoms with Crippen molar-refractivity contribution in [3.8, 4) is 5.75 Å². The van der Waals surface area contributed by atoms with Crippen molar-refractivity contribution in [3.05, 3.63) is 29.8 Å². The Bertz CT molecular complexity index is 338. The SMILES string of the molecule is COc1cccc(CC(C)(CN)C(C)O)c1. The quantitative estimate of drug-likeness (QED) is 0.797. The topological polar surface area (TPSA) is 55.5 Å². The van der Waals surface area contributed by atoms with Gasteiger partial charge in [-0.25, -0.2) is 0 Å². The number of aliphatic hydroxyl groups is 1. The number of hydrogen-bond acceptors (Lipinski definition) is 3. The van der Waals surface area contributed by atoms with Crippen molar-refractivity contribution in [2.75, 3.05) is 13.7 Å². The first kappa shape index (κ1) is 13.0. The van der Waals surface area contributed by atoms with Crippen LogP contribution in [0.2, 0.25) is 0 Å². The smallest absolute Gasteiger partial charge is 0.119 e. The first-order chi connectivity index (χ1) is 7.51. The summed E-state index contributed by atoms with van der Waals surface area (Å²) in [5.74, 6) is 0.836. The highest BCUT2D eigenvalue weighted by Crippen LogP contribution is 2.27. The van der Waals surface area contributed by atoms with Crippen LogP contribution in [0, 0.1) is 5.41 Å².